The van der Waals surface area contributed by atoms with Gasteiger partial charge in [0.05, 0.1) is 18.1 Å². The summed E-state index contributed by atoms with van der Waals surface area (Å²) in [5, 5.41) is 9.25. The summed E-state index contributed by atoms with van der Waals surface area (Å²) in [7, 11) is 0. The van der Waals surface area contributed by atoms with Crippen molar-refractivity contribution in [1.82, 2.24) is 0 Å². The molecule has 1 saturated heterocycles. The maximum atomic E-state index is 11.2. The third-order valence-electron chi connectivity index (χ3n) is 11.5. The molecule has 0 bridgehead atoms. The van der Waals surface area contributed by atoms with Crippen LogP contribution in [0.25, 0.3) is 0 Å². The van der Waals surface area contributed by atoms with E-state index >= 15 is 0 Å². The second-order valence-corrected chi connectivity index (χ2v) is 12.6. The molecule has 4 saturated carbocycles. The summed E-state index contributed by atoms with van der Waals surface area (Å²) in [5.41, 5.74) is 1.05. The van der Waals surface area contributed by atoms with Crippen LogP contribution in [-0.4, -0.2) is 23.3 Å². The molecule has 0 aromatic rings. The van der Waals surface area contributed by atoms with Crippen LogP contribution in [0, 0.1) is 52.3 Å². The molecule has 0 spiro atoms. The van der Waals surface area contributed by atoms with E-state index in [2.05, 4.69) is 20.8 Å². The van der Waals surface area contributed by atoms with E-state index in [4.69, 9.17) is 4.74 Å². The molecule has 3 heteroatoms. The molecule has 5 fully saturated rings. The predicted octanol–water partition coefficient (Wildman–Crippen LogP) is 6.55. The van der Waals surface area contributed by atoms with Crippen LogP contribution in [0.2, 0.25) is 0 Å². The van der Waals surface area contributed by atoms with Crippen LogP contribution < -0.4 is 0 Å². The van der Waals surface area contributed by atoms with E-state index in [1.54, 1.807) is 0 Å². The first-order chi connectivity index (χ1) is 14.3. The van der Waals surface area contributed by atoms with Crippen molar-refractivity contribution in [2.45, 2.75) is 111 Å². The van der Waals surface area contributed by atoms with E-state index in [0.717, 1.165) is 36.5 Å². The third kappa shape index (κ3) is 3.04. The zero-order valence-corrected chi connectivity index (χ0v) is 19.7. The molecule has 0 amide bonds. The van der Waals surface area contributed by atoms with E-state index in [-0.39, 0.29) is 12.0 Å². The second kappa shape index (κ2) is 7.49. The molecule has 11 atom stereocenters. The second-order valence-electron chi connectivity index (χ2n) is 12.6. The van der Waals surface area contributed by atoms with Crippen LogP contribution in [0.4, 0.5) is 0 Å². The van der Waals surface area contributed by atoms with Crippen molar-refractivity contribution in [3.05, 3.63) is 0 Å². The van der Waals surface area contributed by atoms with Gasteiger partial charge in [-0.1, -0.05) is 40.5 Å². The average Bonchev–Trinajstić information content (AvgIpc) is 3.19. The van der Waals surface area contributed by atoms with Gasteiger partial charge in [-0.15, -0.1) is 0 Å². The van der Waals surface area contributed by atoms with Gasteiger partial charge >= 0.3 is 5.97 Å². The first-order valence-corrected chi connectivity index (χ1v) is 13.1. The maximum Gasteiger partial charge on any atom is 0.306 e. The molecule has 0 radical (unpaired) electrons. The summed E-state index contributed by atoms with van der Waals surface area (Å²) in [4.78, 5) is 11.2. The molecule has 3 nitrogen and oxygen atoms in total. The summed E-state index contributed by atoms with van der Waals surface area (Å²) < 4.78 is 6.70. The number of carboxylic acid groups (broad SMARTS) is 1. The molecule has 1 heterocycles. The van der Waals surface area contributed by atoms with E-state index in [1.807, 2.05) is 6.92 Å². The van der Waals surface area contributed by atoms with Gasteiger partial charge in [0.2, 0.25) is 0 Å². The van der Waals surface area contributed by atoms with Gasteiger partial charge in [0, 0.05) is 0 Å². The molecular formula is C27H44O3. The lowest BCUT2D eigenvalue weighted by atomic mass is 9.44. The van der Waals surface area contributed by atoms with E-state index < -0.39 is 5.97 Å². The minimum absolute atomic E-state index is 0.258. The van der Waals surface area contributed by atoms with Gasteiger partial charge in [-0.2, -0.15) is 0 Å². The number of carbonyl (C=O) groups is 1. The number of hydrogen-bond donors (Lipinski definition) is 1. The normalized spacial score (nSPS) is 53.3. The SMILES string of the molecule is CC(CCC1O[C@H]2C[C@H]3[C@@H]4CCC5CCCC[C@]5(C)[C@H]4CC[C@]3(C)[C@H]2[C@@H]1C)C(=O)O. The Hall–Kier alpha value is -0.570. The van der Waals surface area contributed by atoms with Crippen LogP contribution in [0.3, 0.4) is 0 Å². The van der Waals surface area contributed by atoms with Crippen molar-refractivity contribution in [3.8, 4) is 0 Å². The van der Waals surface area contributed by atoms with Gasteiger partial charge in [0.25, 0.3) is 0 Å². The Morgan fingerprint density at radius 2 is 1.87 bits per heavy atom. The quantitative estimate of drug-likeness (QED) is 0.565. The van der Waals surface area contributed by atoms with Crippen LogP contribution in [-0.2, 0) is 9.53 Å². The summed E-state index contributed by atoms with van der Waals surface area (Å²) in [6, 6.07) is 0. The summed E-state index contributed by atoms with van der Waals surface area (Å²) >= 11 is 0. The zero-order valence-electron chi connectivity index (χ0n) is 19.7. The Kier molecular flexibility index (Phi) is 5.32. The van der Waals surface area contributed by atoms with Crippen LogP contribution in [0.1, 0.15) is 98.3 Å². The molecule has 1 N–H and O–H groups in total. The van der Waals surface area contributed by atoms with Crippen molar-refractivity contribution in [2.75, 3.05) is 0 Å². The molecule has 4 aliphatic carbocycles. The average molecular weight is 417 g/mol. The Bertz CT molecular complexity index is 675. The van der Waals surface area contributed by atoms with Crippen molar-refractivity contribution in [3.63, 3.8) is 0 Å². The molecule has 5 aliphatic rings. The van der Waals surface area contributed by atoms with Gasteiger partial charge < -0.3 is 9.84 Å². The number of aliphatic carboxylic acids is 1. The smallest absolute Gasteiger partial charge is 0.306 e. The molecule has 3 unspecified atom stereocenters. The Morgan fingerprint density at radius 3 is 2.63 bits per heavy atom. The largest absolute Gasteiger partial charge is 0.481 e. The molecule has 170 valence electrons. The fourth-order valence-electron chi connectivity index (χ4n) is 9.85. The number of ether oxygens (including phenoxy) is 1. The monoisotopic (exact) mass is 416 g/mol. The van der Waals surface area contributed by atoms with E-state index in [9.17, 15) is 9.90 Å². The highest BCUT2D eigenvalue weighted by Crippen LogP contribution is 2.70. The number of hydrogen-bond acceptors (Lipinski definition) is 2. The summed E-state index contributed by atoms with van der Waals surface area (Å²) in [6.45, 7) is 9.55. The Morgan fingerprint density at radius 1 is 1.07 bits per heavy atom. The van der Waals surface area contributed by atoms with Gasteiger partial charge in [-0.05, 0) is 104 Å². The van der Waals surface area contributed by atoms with Crippen molar-refractivity contribution in [2.24, 2.45) is 52.3 Å². The lowest BCUT2D eigenvalue weighted by molar-refractivity contribution is -0.141. The molecule has 5 rings (SSSR count). The molecule has 0 aromatic heterocycles. The highest BCUT2D eigenvalue weighted by Gasteiger charge is 2.65. The predicted molar refractivity (Wildman–Crippen MR) is 119 cm³/mol. The molecule has 1 aliphatic heterocycles. The lowest BCUT2D eigenvalue weighted by Crippen LogP contribution is -2.53. The fourth-order valence-corrected chi connectivity index (χ4v) is 9.85. The van der Waals surface area contributed by atoms with Crippen LogP contribution in [0.5, 0.6) is 0 Å². The van der Waals surface area contributed by atoms with Gasteiger partial charge in [-0.25, -0.2) is 0 Å². The molecule has 30 heavy (non-hydrogen) atoms. The first kappa shape index (κ1) is 21.3. The van der Waals surface area contributed by atoms with Crippen LogP contribution in [0.15, 0.2) is 0 Å². The number of fused-ring (bicyclic) bond motifs is 7. The van der Waals surface area contributed by atoms with Crippen LogP contribution >= 0.6 is 0 Å². The lowest BCUT2D eigenvalue weighted by Gasteiger charge is -2.60. The molecule has 0 aromatic carbocycles. The van der Waals surface area contributed by atoms with Gasteiger partial charge in [0.1, 0.15) is 0 Å². The number of carboxylic acids is 1. The zero-order chi connectivity index (χ0) is 21.3. The standard InChI is InChI=1S/C27H44O3/c1-16(25(28)29)8-11-22-17(2)24-23(30-22)15-21-19-10-9-18-7-5-6-13-26(18,3)20(19)12-14-27(21,24)4/h16-24H,5-15H2,1-4H3,(H,28,29)/t16?,17-,18?,19-,20+,21+,22?,23+,24+,26+,27+/m1/s1. The fraction of sp³-hybridized carbons (Fsp3) is 0.963. The first-order valence-electron chi connectivity index (χ1n) is 13.1. The van der Waals surface area contributed by atoms with Gasteiger partial charge in [0.15, 0.2) is 0 Å². The maximum absolute atomic E-state index is 11.2. The topological polar surface area (TPSA) is 46.5 Å². The van der Waals surface area contributed by atoms with Crippen molar-refractivity contribution >= 4 is 5.97 Å². The summed E-state index contributed by atoms with van der Waals surface area (Å²) in [5.74, 6) is 4.06. The highest BCUT2D eigenvalue weighted by molar-refractivity contribution is 5.69. The van der Waals surface area contributed by atoms with E-state index in [1.165, 1.54) is 57.8 Å². The number of rotatable bonds is 4. The van der Waals surface area contributed by atoms with Crippen molar-refractivity contribution < 1.29 is 14.6 Å². The minimum atomic E-state index is -0.669. The highest BCUT2D eigenvalue weighted by atomic mass is 16.5. The minimum Gasteiger partial charge on any atom is -0.481 e. The Labute approximate surface area is 183 Å². The summed E-state index contributed by atoms with van der Waals surface area (Å²) in [6.07, 6.45) is 15.3. The molecular weight excluding hydrogens is 372 g/mol. The third-order valence-corrected chi connectivity index (χ3v) is 11.5. The van der Waals surface area contributed by atoms with Gasteiger partial charge in [-0.3, -0.25) is 4.79 Å². The van der Waals surface area contributed by atoms with Crippen molar-refractivity contribution in [1.29, 1.82) is 0 Å². The van der Waals surface area contributed by atoms with E-state index in [0.29, 0.717) is 28.8 Å². The Balaban J connectivity index is 1.31.